The molecule has 1 aromatic carbocycles. The number of hydrogen-bond donors (Lipinski definition) is 0. The van der Waals surface area contributed by atoms with Gasteiger partial charge in [-0.2, -0.15) is 0 Å². The molecule has 1 heterocycles. The van der Waals surface area contributed by atoms with Gasteiger partial charge in [-0.15, -0.1) is 0 Å². The molecule has 1 aromatic heterocycles. The minimum Gasteiger partial charge on any atom is -0.281 e. The van der Waals surface area contributed by atoms with Crippen molar-refractivity contribution < 1.29 is 9.18 Å². The minimum atomic E-state index is -0.206. The number of carbonyl (C=O) groups excluding carboxylic acids is 1. The fourth-order valence-corrected chi connectivity index (χ4v) is 5.10. The second kappa shape index (κ2) is 5.86. The summed E-state index contributed by atoms with van der Waals surface area (Å²) in [5.74, 6) is 2.09. The lowest BCUT2D eigenvalue weighted by Gasteiger charge is -2.16. The molecule has 0 N–H and O–H groups in total. The van der Waals surface area contributed by atoms with Gasteiger partial charge in [0.1, 0.15) is 5.82 Å². The molecule has 2 nitrogen and oxygen atoms in total. The number of carbonyl (C=O) groups is 1. The molecule has 4 heteroatoms. The summed E-state index contributed by atoms with van der Waals surface area (Å²) in [6.07, 6.45) is 6.83. The summed E-state index contributed by atoms with van der Waals surface area (Å²) in [5, 5.41) is 0.743. The first-order valence-electron chi connectivity index (χ1n) is 8.32. The van der Waals surface area contributed by atoms with Crippen molar-refractivity contribution in [1.82, 2.24) is 4.98 Å². The molecule has 4 atom stereocenters. The molecule has 2 saturated carbocycles. The fraction of sp³-hybridized carbons (Fsp3) is 0.474. The summed E-state index contributed by atoms with van der Waals surface area (Å²) in [6, 6.07) is 6.89. The van der Waals surface area contributed by atoms with Crippen molar-refractivity contribution >= 4 is 27.7 Å². The lowest BCUT2D eigenvalue weighted by Crippen LogP contribution is -2.04. The molecule has 120 valence electrons. The van der Waals surface area contributed by atoms with E-state index in [0.717, 1.165) is 36.6 Å². The van der Waals surface area contributed by atoms with E-state index < -0.39 is 0 Å². The molecule has 2 aromatic rings. The van der Waals surface area contributed by atoms with Crippen LogP contribution in [0.2, 0.25) is 0 Å². The Kier molecular flexibility index (Phi) is 3.84. The molecular formula is C19H19ClFNO. The summed E-state index contributed by atoms with van der Waals surface area (Å²) in [4.78, 5) is 15.5. The highest BCUT2D eigenvalue weighted by atomic mass is 35.5. The number of rotatable bonds is 3. The van der Waals surface area contributed by atoms with Gasteiger partial charge in [0.15, 0.2) is 0 Å². The van der Waals surface area contributed by atoms with Gasteiger partial charge in [-0.25, -0.2) is 4.39 Å². The molecule has 23 heavy (non-hydrogen) atoms. The van der Waals surface area contributed by atoms with E-state index in [2.05, 4.69) is 4.98 Å². The molecule has 2 aliphatic rings. The molecule has 0 bridgehead atoms. The van der Waals surface area contributed by atoms with Gasteiger partial charge in [0, 0.05) is 18.0 Å². The van der Waals surface area contributed by atoms with Gasteiger partial charge in [-0.3, -0.25) is 9.78 Å². The van der Waals surface area contributed by atoms with E-state index in [9.17, 15) is 9.18 Å². The lowest BCUT2D eigenvalue weighted by atomic mass is 9.90. The Bertz CT molecular complexity index is 748. The molecule has 0 unspecified atom stereocenters. The van der Waals surface area contributed by atoms with Crippen molar-refractivity contribution in [2.45, 2.75) is 38.0 Å². The third kappa shape index (κ3) is 2.87. The molecule has 2 aliphatic carbocycles. The first-order valence-corrected chi connectivity index (χ1v) is 8.70. The van der Waals surface area contributed by atoms with Crippen LogP contribution in [0.15, 0.2) is 30.5 Å². The van der Waals surface area contributed by atoms with Gasteiger partial charge in [-0.05, 0) is 90.8 Å². The molecule has 2 fully saturated rings. The van der Waals surface area contributed by atoms with Crippen LogP contribution in [-0.2, 0) is 4.79 Å². The van der Waals surface area contributed by atoms with E-state index >= 15 is 0 Å². The van der Waals surface area contributed by atoms with Crippen molar-refractivity contribution in [3.8, 4) is 0 Å². The number of aromatic nitrogens is 1. The van der Waals surface area contributed by atoms with Crippen LogP contribution < -0.4 is 0 Å². The first kappa shape index (κ1) is 15.1. The van der Waals surface area contributed by atoms with Crippen molar-refractivity contribution in [2.24, 2.45) is 17.8 Å². The molecule has 0 amide bonds. The highest BCUT2D eigenvalue weighted by Gasteiger charge is 2.42. The molecule has 0 aliphatic heterocycles. The molecule has 0 spiro atoms. The first-order chi connectivity index (χ1) is 11.1. The van der Waals surface area contributed by atoms with E-state index in [1.165, 1.54) is 11.6 Å². The fourth-order valence-electron chi connectivity index (χ4n) is 4.89. The third-order valence-corrected chi connectivity index (χ3v) is 5.89. The number of nitrogens with zero attached hydrogens (tertiary/aromatic N) is 1. The summed E-state index contributed by atoms with van der Waals surface area (Å²) in [6.45, 7) is 0. The average Bonchev–Trinajstić information content (AvgIpc) is 3.04. The maximum atomic E-state index is 13.6. The maximum absolute atomic E-state index is 13.6. The topological polar surface area (TPSA) is 30.0 Å². The van der Waals surface area contributed by atoms with E-state index in [-0.39, 0.29) is 11.1 Å². The van der Waals surface area contributed by atoms with E-state index in [4.69, 9.17) is 11.6 Å². The number of pyridine rings is 1. The largest absolute Gasteiger partial charge is 0.281 e. The van der Waals surface area contributed by atoms with Crippen molar-refractivity contribution in [3.63, 3.8) is 0 Å². The van der Waals surface area contributed by atoms with Crippen LogP contribution in [0, 0.1) is 23.6 Å². The van der Waals surface area contributed by atoms with Crippen molar-refractivity contribution in [2.75, 3.05) is 0 Å². The van der Waals surface area contributed by atoms with Crippen LogP contribution in [0.1, 0.15) is 43.6 Å². The average molecular weight is 332 g/mol. The summed E-state index contributed by atoms with van der Waals surface area (Å²) < 4.78 is 13.6. The molecule has 0 saturated heterocycles. The zero-order valence-electron chi connectivity index (χ0n) is 12.8. The Balaban J connectivity index is 1.56. The SMILES string of the molecule is O=C(Cl)C[C@H]1C[C@@H]2C[C@H](c3ccnc4ccc(F)cc34)C[C@@H]2C1. The zero-order valence-corrected chi connectivity index (χ0v) is 13.6. The van der Waals surface area contributed by atoms with Gasteiger partial charge in [0.05, 0.1) is 5.52 Å². The Morgan fingerprint density at radius 3 is 2.61 bits per heavy atom. The highest BCUT2D eigenvalue weighted by molar-refractivity contribution is 6.63. The van der Waals surface area contributed by atoms with Gasteiger partial charge in [0.25, 0.3) is 0 Å². The second-order valence-corrected chi connectivity index (χ2v) is 7.57. The Hall–Kier alpha value is -1.48. The van der Waals surface area contributed by atoms with Crippen LogP contribution in [0.4, 0.5) is 4.39 Å². The maximum Gasteiger partial charge on any atom is 0.221 e. The van der Waals surface area contributed by atoms with E-state index in [1.54, 1.807) is 12.1 Å². The van der Waals surface area contributed by atoms with Crippen LogP contribution in [0.5, 0.6) is 0 Å². The number of benzene rings is 1. The molecule has 0 radical (unpaired) electrons. The zero-order chi connectivity index (χ0) is 16.0. The standard InChI is InChI=1S/C19H19ClFNO/c20-19(23)7-11-5-12-8-14(9-13(12)6-11)16-3-4-22-18-2-1-15(21)10-17(16)18/h1-4,10-14H,5-9H2/t11-,12+,13-,14-. The van der Waals surface area contributed by atoms with Crippen LogP contribution in [0.25, 0.3) is 10.9 Å². The second-order valence-electron chi connectivity index (χ2n) is 7.15. The smallest absolute Gasteiger partial charge is 0.221 e. The minimum absolute atomic E-state index is 0.203. The Morgan fingerprint density at radius 1 is 1.17 bits per heavy atom. The number of fused-ring (bicyclic) bond motifs is 2. The normalized spacial score (nSPS) is 29.8. The Labute approximate surface area is 140 Å². The van der Waals surface area contributed by atoms with Crippen LogP contribution in [-0.4, -0.2) is 10.2 Å². The quantitative estimate of drug-likeness (QED) is 0.737. The summed E-state index contributed by atoms with van der Waals surface area (Å²) >= 11 is 5.54. The molecule has 4 rings (SSSR count). The number of halogens is 2. The van der Waals surface area contributed by atoms with Gasteiger partial charge >= 0.3 is 0 Å². The van der Waals surface area contributed by atoms with Crippen molar-refractivity contribution in [1.29, 1.82) is 0 Å². The monoisotopic (exact) mass is 331 g/mol. The van der Waals surface area contributed by atoms with Gasteiger partial charge in [-0.1, -0.05) is 0 Å². The predicted octanol–water partition coefficient (Wildman–Crippen LogP) is 5.05. The Morgan fingerprint density at radius 2 is 1.91 bits per heavy atom. The predicted molar refractivity (Wildman–Crippen MR) is 88.9 cm³/mol. The van der Waals surface area contributed by atoms with Gasteiger partial charge in [0.2, 0.25) is 5.24 Å². The van der Waals surface area contributed by atoms with E-state index in [0.29, 0.717) is 30.1 Å². The molecular weight excluding hydrogens is 313 g/mol. The highest BCUT2D eigenvalue weighted by Crippen LogP contribution is 2.53. The lowest BCUT2D eigenvalue weighted by molar-refractivity contribution is -0.112. The van der Waals surface area contributed by atoms with E-state index in [1.807, 2.05) is 12.3 Å². The van der Waals surface area contributed by atoms with Crippen LogP contribution >= 0.6 is 11.6 Å². The van der Waals surface area contributed by atoms with Gasteiger partial charge < -0.3 is 0 Å². The third-order valence-electron chi connectivity index (χ3n) is 5.74. The van der Waals surface area contributed by atoms with Crippen LogP contribution in [0.3, 0.4) is 0 Å². The summed E-state index contributed by atoms with van der Waals surface area (Å²) in [7, 11) is 0. The summed E-state index contributed by atoms with van der Waals surface area (Å²) in [5.41, 5.74) is 2.10. The van der Waals surface area contributed by atoms with Crippen molar-refractivity contribution in [3.05, 3.63) is 41.8 Å². The number of hydrogen-bond acceptors (Lipinski definition) is 2.